The quantitative estimate of drug-likeness (QED) is 0.901. The van der Waals surface area contributed by atoms with Gasteiger partial charge in [-0.15, -0.1) is 0 Å². The largest absolute Gasteiger partial charge is 0.480 e. The lowest BCUT2D eigenvalue weighted by Gasteiger charge is -2.12. The molecule has 1 aromatic heterocycles. The maximum absolute atomic E-state index is 11.5. The van der Waals surface area contributed by atoms with E-state index in [9.17, 15) is 13.2 Å². The summed E-state index contributed by atoms with van der Waals surface area (Å²) in [5, 5.41) is 1.21. The lowest BCUT2D eigenvalue weighted by Crippen LogP contribution is -2.33. The van der Waals surface area contributed by atoms with Crippen molar-refractivity contribution in [2.75, 3.05) is 12.9 Å². The number of fused-ring (bicyclic) bond motifs is 1. The second kappa shape index (κ2) is 6.28. The highest BCUT2D eigenvalue weighted by Crippen LogP contribution is 2.37. The van der Waals surface area contributed by atoms with Gasteiger partial charge in [0, 0.05) is 11.1 Å². The molecule has 9 heteroatoms. The number of rotatable bonds is 4. The van der Waals surface area contributed by atoms with Crippen LogP contribution in [0.25, 0.3) is 10.9 Å². The molecular formula is C13H12Cl2N2O4S. The molecule has 1 aromatic carbocycles. The molecule has 1 heterocycles. The Balaban J connectivity index is 2.35. The molecule has 22 heavy (non-hydrogen) atoms. The van der Waals surface area contributed by atoms with Gasteiger partial charge in [0.1, 0.15) is 5.52 Å². The van der Waals surface area contributed by atoms with Crippen LogP contribution in [0.1, 0.15) is 5.69 Å². The predicted octanol–water partition coefficient (Wildman–Crippen LogP) is 2.30. The molecule has 0 aliphatic heterocycles. The van der Waals surface area contributed by atoms with Crippen LogP contribution in [0.2, 0.25) is 10.0 Å². The van der Waals surface area contributed by atoms with Gasteiger partial charge >= 0.3 is 0 Å². The van der Waals surface area contributed by atoms with E-state index in [1.165, 1.54) is 6.07 Å². The van der Waals surface area contributed by atoms with Crippen molar-refractivity contribution in [2.24, 2.45) is 0 Å². The Kier molecular flexibility index (Phi) is 4.79. The molecule has 0 unspecified atom stereocenters. The van der Waals surface area contributed by atoms with Gasteiger partial charge in [-0.1, -0.05) is 23.2 Å². The van der Waals surface area contributed by atoms with Crippen molar-refractivity contribution in [1.82, 2.24) is 9.71 Å². The predicted molar refractivity (Wildman–Crippen MR) is 85.0 cm³/mol. The lowest BCUT2D eigenvalue weighted by atomic mass is 10.2. The summed E-state index contributed by atoms with van der Waals surface area (Å²) in [5.41, 5.74) is 1.13. The summed E-state index contributed by atoms with van der Waals surface area (Å²) in [5.74, 6) is -0.636. The molecule has 0 aliphatic carbocycles. The number of amides is 1. The number of ether oxygens (including phenoxy) is 1. The average molecular weight is 363 g/mol. The van der Waals surface area contributed by atoms with Crippen LogP contribution in [-0.4, -0.2) is 32.2 Å². The first-order chi connectivity index (χ1) is 10.2. The van der Waals surface area contributed by atoms with Crippen molar-refractivity contribution in [1.29, 1.82) is 0 Å². The fourth-order valence-corrected chi connectivity index (χ4v) is 2.84. The number of hydrogen-bond acceptors (Lipinski definition) is 5. The standard InChI is InChI=1S/C13H12Cl2N2O4S/c1-7-3-4-8-9(14)5-10(15)13(12(8)16-7)21-6-11(18)17-22(2,19)20/h3-5H,6H2,1-2H3,(H,17,18). The van der Waals surface area contributed by atoms with Gasteiger partial charge < -0.3 is 4.74 Å². The number of carbonyl (C=O) groups excluding carboxylic acids is 1. The summed E-state index contributed by atoms with van der Waals surface area (Å²) >= 11 is 12.2. The molecule has 2 rings (SSSR count). The number of benzene rings is 1. The minimum Gasteiger partial charge on any atom is -0.480 e. The number of carbonyl (C=O) groups is 1. The van der Waals surface area contributed by atoms with Crippen LogP contribution >= 0.6 is 23.2 Å². The number of aryl methyl sites for hydroxylation is 1. The van der Waals surface area contributed by atoms with Crippen molar-refractivity contribution < 1.29 is 17.9 Å². The van der Waals surface area contributed by atoms with Gasteiger partial charge in [0.25, 0.3) is 5.91 Å². The molecular weight excluding hydrogens is 351 g/mol. The third-order valence-corrected chi connectivity index (χ3v) is 3.82. The Morgan fingerprint density at radius 3 is 2.64 bits per heavy atom. The highest BCUT2D eigenvalue weighted by Gasteiger charge is 2.16. The zero-order valence-corrected chi connectivity index (χ0v) is 14.0. The van der Waals surface area contributed by atoms with E-state index in [0.717, 1.165) is 11.9 Å². The van der Waals surface area contributed by atoms with E-state index in [1.807, 2.05) is 0 Å². The second-order valence-corrected chi connectivity index (χ2v) is 7.17. The molecule has 118 valence electrons. The van der Waals surface area contributed by atoms with Gasteiger partial charge in [-0.25, -0.2) is 13.4 Å². The van der Waals surface area contributed by atoms with Gasteiger partial charge in [-0.2, -0.15) is 0 Å². The van der Waals surface area contributed by atoms with Gasteiger partial charge in [0.15, 0.2) is 12.4 Å². The number of halogens is 2. The zero-order valence-electron chi connectivity index (χ0n) is 11.7. The van der Waals surface area contributed by atoms with Crippen molar-refractivity contribution in [2.45, 2.75) is 6.92 Å². The lowest BCUT2D eigenvalue weighted by molar-refractivity contribution is -0.121. The van der Waals surface area contributed by atoms with Crippen molar-refractivity contribution in [3.8, 4) is 5.75 Å². The Labute approximate surface area is 137 Å². The second-order valence-electron chi connectivity index (χ2n) is 4.60. The maximum atomic E-state index is 11.5. The van der Waals surface area contributed by atoms with E-state index < -0.39 is 22.5 Å². The van der Waals surface area contributed by atoms with Gasteiger partial charge in [0.05, 0.1) is 16.3 Å². The molecule has 0 saturated carbocycles. The third-order valence-electron chi connectivity index (χ3n) is 2.62. The van der Waals surface area contributed by atoms with Crippen LogP contribution in [-0.2, 0) is 14.8 Å². The molecule has 0 spiro atoms. The summed E-state index contributed by atoms with van der Waals surface area (Å²) in [6.45, 7) is 1.27. The average Bonchev–Trinajstić information content (AvgIpc) is 2.35. The third kappa shape index (κ3) is 4.00. The van der Waals surface area contributed by atoms with Crippen LogP contribution in [0.3, 0.4) is 0 Å². The number of nitrogens with zero attached hydrogens (tertiary/aromatic N) is 1. The molecule has 0 aliphatic rings. The fourth-order valence-electron chi connectivity index (χ4n) is 1.80. The smallest absolute Gasteiger partial charge is 0.271 e. The van der Waals surface area contributed by atoms with Crippen molar-refractivity contribution >= 4 is 50.0 Å². The van der Waals surface area contributed by atoms with E-state index in [2.05, 4.69) is 4.98 Å². The first-order valence-electron chi connectivity index (χ1n) is 6.06. The van der Waals surface area contributed by atoms with E-state index in [-0.39, 0.29) is 10.8 Å². The Hall–Kier alpha value is -1.57. The van der Waals surface area contributed by atoms with E-state index >= 15 is 0 Å². The molecule has 0 saturated heterocycles. The van der Waals surface area contributed by atoms with Gasteiger partial charge in [-0.05, 0) is 25.1 Å². The fraction of sp³-hybridized carbons (Fsp3) is 0.231. The Morgan fingerprint density at radius 1 is 1.32 bits per heavy atom. The monoisotopic (exact) mass is 362 g/mol. The first-order valence-corrected chi connectivity index (χ1v) is 8.71. The molecule has 2 aromatic rings. The maximum Gasteiger partial charge on any atom is 0.271 e. The normalized spacial score (nSPS) is 11.5. The topological polar surface area (TPSA) is 85.4 Å². The number of hydrogen-bond donors (Lipinski definition) is 1. The summed E-state index contributed by atoms with van der Waals surface area (Å²) in [7, 11) is -3.64. The van der Waals surface area contributed by atoms with E-state index in [4.69, 9.17) is 27.9 Å². The summed E-state index contributed by atoms with van der Waals surface area (Å²) in [4.78, 5) is 15.8. The summed E-state index contributed by atoms with van der Waals surface area (Å²) < 4.78 is 29.1. The number of nitrogens with one attached hydrogen (secondary N) is 1. The van der Waals surface area contributed by atoms with Gasteiger partial charge in [0.2, 0.25) is 10.0 Å². The van der Waals surface area contributed by atoms with Crippen molar-refractivity contribution in [3.63, 3.8) is 0 Å². The molecule has 0 fully saturated rings. The highest BCUT2D eigenvalue weighted by atomic mass is 35.5. The minimum absolute atomic E-state index is 0.174. The zero-order chi connectivity index (χ0) is 16.5. The summed E-state index contributed by atoms with van der Waals surface area (Å²) in [6, 6.07) is 5.02. The van der Waals surface area contributed by atoms with Crippen LogP contribution in [0.15, 0.2) is 18.2 Å². The van der Waals surface area contributed by atoms with E-state index in [1.54, 1.807) is 23.8 Å². The number of pyridine rings is 1. The molecule has 1 N–H and O–H groups in total. The molecule has 1 amide bonds. The molecule has 0 atom stereocenters. The molecule has 6 nitrogen and oxygen atoms in total. The highest BCUT2D eigenvalue weighted by molar-refractivity contribution is 7.89. The first kappa shape index (κ1) is 16.8. The van der Waals surface area contributed by atoms with Crippen LogP contribution in [0.4, 0.5) is 0 Å². The van der Waals surface area contributed by atoms with Gasteiger partial charge in [-0.3, -0.25) is 9.52 Å². The van der Waals surface area contributed by atoms with Crippen LogP contribution in [0.5, 0.6) is 5.75 Å². The van der Waals surface area contributed by atoms with Crippen LogP contribution in [0, 0.1) is 6.92 Å². The molecule has 0 radical (unpaired) electrons. The summed E-state index contributed by atoms with van der Waals surface area (Å²) in [6.07, 6.45) is 0.875. The number of sulfonamides is 1. The Morgan fingerprint density at radius 2 is 2.00 bits per heavy atom. The minimum atomic E-state index is -3.64. The van der Waals surface area contributed by atoms with Crippen LogP contribution < -0.4 is 9.46 Å². The Bertz CT molecular complexity index is 853. The SMILES string of the molecule is Cc1ccc2c(Cl)cc(Cl)c(OCC(=O)NS(C)(=O)=O)c2n1. The molecule has 0 bridgehead atoms. The van der Waals surface area contributed by atoms with Crippen molar-refractivity contribution in [3.05, 3.63) is 33.9 Å². The number of aromatic nitrogens is 1. The van der Waals surface area contributed by atoms with E-state index in [0.29, 0.717) is 15.9 Å².